The first-order chi connectivity index (χ1) is 5.68. The summed E-state index contributed by atoms with van der Waals surface area (Å²) in [5, 5.41) is 0.576. The summed E-state index contributed by atoms with van der Waals surface area (Å²) in [6.45, 7) is 3.99. The third kappa shape index (κ3) is 0.994. The molecule has 3 heteroatoms. The van der Waals surface area contributed by atoms with Gasteiger partial charge in [-0.2, -0.15) is 0 Å². The van der Waals surface area contributed by atoms with E-state index in [2.05, 4.69) is 4.98 Å². The molecule has 0 aliphatic carbocycles. The standard InChI is InChI=1S/C9H9ClN2/c1-6-3-4-8-9(10)11-7(2)12(8)5-6/h3-5H,1-2H3. The summed E-state index contributed by atoms with van der Waals surface area (Å²) in [7, 11) is 0. The van der Waals surface area contributed by atoms with Crippen LogP contribution in [0.3, 0.4) is 0 Å². The van der Waals surface area contributed by atoms with Crippen LogP contribution in [0.4, 0.5) is 0 Å². The van der Waals surface area contributed by atoms with Crippen molar-refractivity contribution < 1.29 is 0 Å². The molecule has 0 saturated carbocycles. The lowest BCUT2D eigenvalue weighted by Gasteiger charge is -1.96. The highest BCUT2D eigenvalue weighted by molar-refractivity contribution is 6.32. The lowest BCUT2D eigenvalue weighted by atomic mass is 10.3. The van der Waals surface area contributed by atoms with Crippen molar-refractivity contribution in [1.82, 2.24) is 9.38 Å². The van der Waals surface area contributed by atoms with Crippen LogP contribution in [0.1, 0.15) is 11.4 Å². The van der Waals surface area contributed by atoms with Crippen LogP contribution in [0.2, 0.25) is 5.15 Å². The molecule has 0 fully saturated rings. The smallest absolute Gasteiger partial charge is 0.155 e. The minimum absolute atomic E-state index is 0.576. The van der Waals surface area contributed by atoms with Gasteiger partial charge in [-0.25, -0.2) is 4.98 Å². The normalized spacial score (nSPS) is 10.9. The number of fused-ring (bicyclic) bond motifs is 1. The summed E-state index contributed by atoms with van der Waals surface area (Å²) in [4.78, 5) is 4.16. The van der Waals surface area contributed by atoms with Gasteiger partial charge in [0.2, 0.25) is 0 Å². The van der Waals surface area contributed by atoms with Crippen LogP contribution < -0.4 is 0 Å². The molecule has 0 unspecified atom stereocenters. The van der Waals surface area contributed by atoms with Crippen LogP contribution in [0.5, 0.6) is 0 Å². The van der Waals surface area contributed by atoms with Gasteiger partial charge in [-0.1, -0.05) is 17.7 Å². The Balaban J connectivity index is 2.90. The average Bonchev–Trinajstić information content (AvgIpc) is 2.28. The van der Waals surface area contributed by atoms with Gasteiger partial charge in [0.05, 0.1) is 5.52 Å². The van der Waals surface area contributed by atoms with Crippen LogP contribution in [-0.2, 0) is 0 Å². The van der Waals surface area contributed by atoms with Gasteiger partial charge in [0, 0.05) is 6.20 Å². The molecule has 0 amide bonds. The minimum Gasteiger partial charge on any atom is -0.302 e. The van der Waals surface area contributed by atoms with Crippen molar-refractivity contribution in [2.24, 2.45) is 0 Å². The fourth-order valence-corrected chi connectivity index (χ4v) is 1.57. The molecule has 2 rings (SSSR count). The number of rotatable bonds is 0. The van der Waals surface area contributed by atoms with E-state index < -0.39 is 0 Å². The molecule has 0 saturated heterocycles. The zero-order chi connectivity index (χ0) is 8.72. The Hall–Kier alpha value is -1.02. The Labute approximate surface area is 75.8 Å². The van der Waals surface area contributed by atoms with Gasteiger partial charge in [-0.05, 0) is 25.5 Å². The maximum atomic E-state index is 5.90. The third-order valence-electron chi connectivity index (χ3n) is 1.92. The number of halogens is 1. The van der Waals surface area contributed by atoms with Crippen molar-refractivity contribution in [3.63, 3.8) is 0 Å². The molecule has 0 N–H and O–H groups in total. The summed E-state index contributed by atoms with van der Waals surface area (Å²) in [5.41, 5.74) is 2.18. The van der Waals surface area contributed by atoms with E-state index in [0.29, 0.717) is 5.15 Å². The second-order valence-electron chi connectivity index (χ2n) is 2.91. The summed E-state index contributed by atoms with van der Waals surface area (Å²) in [6.07, 6.45) is 2.03. The fourth-order valence-electron chi connectivity index (χ4n) is 1.30. The van der Waals surface area contributed by atoms with Crippen molar-refractivity contribution in [3.05, 3.63) is 34.9 Å². The van der Waals surface area contributed by atoms with E-state index in [-0.39, 0.29) is 0 Å². The van der Waals surface area contributed by atoms with E-state index >= 15 is 0 Å². The molecular formula is C9H9ClN2. The molecule has 0 aliphatic rings. The molecule has 0 aliphatic heterocycles. The zero-order valence-electron chi connectivity index (χ0n) is 7.00. The van der Waals surface area contributed by atoms with Crippen molar-refractivity contribution in [1.29, 1.82) is 0 Å². The Kier molecular flexibility index (Phi) is 1.58. The SMILES string of the molecule is Cc1ccc2c(Cl)nc(C)n2c1. The van der Waals surface area contributed by atoms with Gasteiger partial charge in [-0.15, -0.1) is 0 Å². The molecule has 0 atom stereocenters. The number of nitrogens with zero attached hydrogens (tertiary/aromatic N) is 2. The molecule has 2 heterocycles. The van der Waals surface area contributed by atoms with Crippen LogP contribution in [0.25, 0.3) is 5.52 Å². The van der Waals surface area contributed by atoms with E-state index in [1.807, 2.05) is 36.6 Å². The molecule has 0 radical (unpaired) electrons. The lowest BCUT2D eigenvalue weighted by Crippen LogP contribution is -1.87. The fraction of sp³-hybridized carbons (Fsp3) is 0.222. The maximum absolute atomic E-state index is 5.90. The summed E-state index contributed by atoms with van der Waals surface area (Å²) in [5.74, 6) is 0.929. The number of pyridine rings is 1. The Morgan fingerprint density at radius 3 is 2.83 bits per heavy atom. The molecular weight excluding hydrogens is 172 g/mol. The van der Waals surface area contributed by atoms with Crippen LogP contribution in [0, 0.1) is 13.8 Å². The van der Waals surface area contributed by atoms with Crippen LogP contribution in [-0.4, -0.2) is 9.38 Å². The second kappa shape index (κ2) is 2.49. The first-order valence-electron chi connectivity index (χ1n) is 3.79. The monoisotopic (exact) mass is 180 g/mol. The van der Waals surface area contributed by atoms with Crippen LogP contribution in [0.15, 0.2) is 18.3 Å². The Morgan fingerprint density at radius 2 is 2.08 bits per heavy atom. The second-order valence-corrected chi connectivity index (χ2v) is 3.27. The number of aryl methyl sites for hydroxylation is 2. The summed E-state index contributed by atoms with van der Waals surface area (Å²) in [6, 6.07) is 4.01. The average molecular weight is 181 g/mol. The van der Waals surface area contributed by atoms with Gasteiger partial charge in [-0.3, -0.25) is 0 Å². The Morgan fingerprint density at radius 1 is 1.33 bits per heavy atom. The molecule has 0 bridgehead atoms. The topological polar surface area (TPSA) is 17.3 Å². The number of aromatic nitrogens is 2. The number of hydrogen-bond acceptors (Lipinski definition) is 1. The maximum Gasteiger partial charge on any atom is 0.155 e. The molecule has 0 aromatic carbocycles. The molecule has 62 valence electrons. The summed E-state index contributed by atoms with van der Waals surface area (Å²) < 4.78 is 2.00. The third-order valence-corrected chi connectivity index (χ3v) is 2.19. The number of hydrogen-bond donors (Lipinski definition) is 0. The van der Waals surface area contributed by atoms with E-state index in [0.717, 1.165) is 11.3 Å². The zero-order valence-corrected chi connectivity index (χ0v) is 7.76. The highest BCUT2D eigenvalue weighted by atomic mass is 35.5. The first kappa shape index (κ1) is 7.62. The predicted molar refractivity (Wildman–Crippen MR) is 49.7 cm³/mol. The quantitative estimate of drug-likeness (QED) is 0.609. The van der Waals surface area contributed by atoms with Gasteiger partial charge in [0.25, 0.3) is 0 Å². The van der Waals surface area contributed by atoms with Crippen molar-refractivity contribution in [3.8, 4) is 0 Å². The first-order valence-corrected chi connectivity index (χ1v) is 4.17. The highest BCUT2D eigenvalue weighted by Crippen LogP contribution is 2.18. The molecule has 2 aromatic heterocycles. The minimum atomic E-state index is 0.576. The molecule has 0 spiro atoms. The van der Waals surface area contributed by atoms with Crippen molar-refractivity contribution in [2.45, 2.75) is 13.8 Å². The lowest BCUT2D eigenvalue weighted by molar-refractivity contribution is 1.03. The van der Waals surface area contributed by atoms with Gasteiger partial charge in [0.15, 0.2) is 5.15 Å². The van der Waals surface area contributed by atoms with Gasteiger partial charge >= 0.3 is 0 Å². The van der Waals surface area contributed by atoms with Crippen molar-refractivity contribution >= 4 is 17.1 Å². The predicted octanol–water partition coefficient (Wildman–Crippen LogP) is 2.60. The molecule has 12 heavy (non-hydrogen) atoms. The highest BCUT2D eigenvalue weighted by Gasteiger charge is 2.04. The molecule has 2 nitrogen and oxygen atoms in total. The van der Waals surface area contributed by atoms with E-state index in [1.54, 1.807) is 0 Å². The number of imidazole rings is 1. The van der Waals surface area contributed by atoms with Gasteiger partial charge in [0.1, 0.15) is 5.82 Å². The van der Waals surface area contributed by atoms with Gasteiger partial charge < -0.3 is 4.40 Å². The van der Waals surface area contributed by atoms with E-state index in [9.17, 15) is 0 Å². The molecule has 2 aromatic rings. The van der Waals surface area contributed by atoms with E-state index in [1.165, 1.54) is 5.56 Å². The van der Waals surface area contributed by atoms with Crippen LogP contribution >= 0.6 is 11.6 Å². The Bertz CT molecular complexity index is 431. The largest absolute Gasteiger partial charge is 0.302 e. The summed E-state index contributed by atoms with van der Waals surface area (Å²) >= 11 is 5.90. The van der Waals surface area contributed by atoms with Crippen molar-refractivity contribution in [2.75, 3.05) is 0 Å². The van der Waals surface area contributed by atoms with E-state index in [4.69, 9.17) is 11.6 Å².